The second-order valence-electron chi connectivity index (χ2n) is 12.7. The zero-order valence-electron chi connectivity index (χ0n) is 20.3. The lowest BCUT2D eigenvalue weighted by Crippen LogP contribution is -2.35. The van der Waals surface area contributed by atoms with Crippen molar-refractivity contribution in [1.82, 2.24) is 4.90 Å². The third-order valence-corrected chi connectivity index (χ3v) is 6.95. The van der Waals surface area contributed by atoms with Crippen molar-refractivity contribution in [1.29, 1.82) is 0 Å². The standard InChI is InChI=1S/C26H49NO/c1-20(2)23-11-9-10-21(14-23)15-25(5,6)19-27-13-12-22(17-27)16-24(3,4)18-26(7,8)28/h21-22,28H,9-19H2,1-8H3. The third-order valence-electron chi connectivity index (χ3n) is 6.95. The van der Waals surface area contributed by atoms with Gasteiger partial charge in [-0.3, -0.25) is 0 Å². The number of aliphatic hydroxyl groups is 1. The van der Waals surface area contributed by atoms with Crippen molar-refractivity contribution < 1.29 is 5.11 Å². The zero-order chi connectivity index (χ0) is 21.2. The maximum absolute atomic E-state index is 10.2. The van der Waals surface area contributed by atoms with Gasteiger partial charge in [0.2, 0.25) is 0 Å². The molecule has 1 saturated heterocycles. The van der Waals surface area contributed by atoms with E-state index in [9.17, 15) is 5.11 Å². The van der Waals surface area contributed by atoms with Crippen LogP contribution in [0.3, 0.4) is 0 Å². The fourth-order valence-corrected chi connectivity index (χ4v) is 6.48. The molecule has 2 fully saturated rings. The van der Waals surface area contributed by atoms with Crippen LogP contribution in [-0.2, 0) is 0 Å². The Balaban J connectivity index is 1.82. The van der Waals surface area contributed by atoms with Gasteiger partial charge in [-0.15, -0.1) is 0 Å². The van der Waals surface area contributed by atoms with Gasteiger partial charge in [-0.05, 0) is 108 Å². The topological polar surface area (TPSA) is 23.5 Å². The predicted octanol–water partition coefficient (Wildman–Crippen LogP) is 6.83. The van der Waals surface area contributed by atoms with E-state index in [0.717, 1.165) is 18.3 Å². The highest BCUT2D eigenvalue weighted by molar-refractivity contribution is 5.12. The van der Waals surface area contributed by atoms with Crippen LogP contribution < -0.4 is 0 Å². The van der Waals surface area contributed by atoms with E-state index in [1.807, 2.05) is 13.8 Å². The van der Waals surface area contributed by atoms with Gasteiger partial charge in [-0.25, -0.2) is 0 Å². The molecule has 0 bridgehead atoms. The first kappa shape index (κ1) is 23.9. The molecule has 1 aliphatic heterocycles. The summed E-state index contributed by atoms with van der Waals surface area (Å²) in [5.41, 5.74) is 3.37. The zero-order valence-corrected chi connectivity index (χ0v) is 20.3. The van der Waals surface area contributed by atoms with E-state index in [1.54, 1.807) is 11.1 Å². The molecule has 2 nitrogen and oxygen atoms in total. The fraction of sp³-hybridized carbons (Fsp3) is 0.923. The first-order valence-electron chi connectivity index (χ1n) is 11.8. The molecule has 2 heteroatoms. The van der Waals surface area contributed by atoms with Crippen molar-refractivity contribution in [3.05, 3.63) is 11.1 Å². The van der Waals surface area contributed by atoms with Gasteiger partial charge in [0.1, 0.15) is 0 Å². The number of nitrogens with zero attached hydrogens (tertiary/aromatic N) is 1. The van der Waals surface area contributed by atoms with Crippen molar-refractivity contribution in [2.24, 2.45) is 22.7 Å². The van der Waals surface area contributed by atoms with Crippen LogP contribution in [0.1, 0.15) is 107 Å². The molecule has 2 atom stereocenters. The number of allylic oxidation sites excluding steroid dienone is 2. The van der Waals surface area contributed by atoms with Gasteiger partial charge in [-0.1, -0.05) is 38.8 Å². The molecule has 0 aromatic heterocycles. The molecule has 1 heterocycles. The van der Waals surface area contributed by atoms with Gasteiger partial charge in [-0.2, -0.15) is 0 Å². The summed E-state index contributed by atoms with van der Waals surface area (Å²) in [6.07, 6.45) is 10.3. The molecule has 0 amide bonds. The molecule has 28 heavy (non-hydrogen) atoms. The van der Waals surface area contributed by atoms with Crippen molar-refractivity contribution in [3.63, 3.8) is 0 Å². The summed E-state index contributed by atoms with van der Waals surface area (Å²) in [4.78, 5) is 2.73. The first-order chi connectivity index (χ1) is 12.7. The van der Waals surface area contributed by atoms with Crippen LogP contribution in [0, 0.1) is 22.7 Å². The van der Waals surface area contributed by atoms with Gasteiger partial charge in [0.15, 0.2) is 0 Å². The summed E-state index contributed by atoms with van der Waals surface area (Å²) in [7, 11) is 0. The van der Waals surface area contributed by atoms with Crippen LogP contribution in [0.2, 0.25) is 0 Å². The third kappa shape index (κ3) is 8.19. The number of hydrogen-bond acceptors (Lipinski definition) is 2. The smallest absolute Gasteiger partial charge is 0.0596 e. The predicted molar refractivity (Wildman–Crippen MR) is 123 cm³/mol. The Morgan fingerprint density at radius 2 is 1.61 bits per heavy atom. The molecule has 2 rings (SSSR count). The minimum atomic E-state index is -0.562. The van der Waals surface area contributed by atoms with Gasteiger partial charge < -0.3 is 10.0 Å². The van der Waals surface area contributed by atoms with Gasteiger partial charge in [0.05, 0.1) is 5.60 Å². The second kappa shape index (κ2) is 9.21. The van der Waals surface area contributed by atoms with Crippen molar-refractivity contribution in [2.75, 3.05) is 19.6 Å². The highest BCUT2D eigenvalue weighted by atomic mass is 16.3. The van der Waals surface area contributed by atoms with E-state index in [1.165, 1.54) is 64.6 Å². The van der Waals surface area contributed by atoms with Crippen LogP contribution >= 0.6 is 0 Å². The molecule has 0 aromatic rings. The lowest BCUT2D eigenvalue weighted by Gasteiger charge is -2.36. The summed E-state index contributed by atoms with van der Waals surface area (Å²) in [6, 6.07) is 0. The molecule has 164 valence electrons. The van der Waals surface area contributed by atoms with Crippen LogP contribution in [-0.4, -0.2) is 35.2 Å². The highest BCUT2D eigenvalue weighted by Gasteiger charge is 2.35. The lowest BCUT2D eigenvalue weighted by molar-refractivity contribution is 0.0244. The number of rotatable bonds is 8. The Labute approximate surface area is 176 Å². The van der Waals surface area contributed by atoms with Crippen LogP contribution in [0.4, 0.5) is 0 Å². The second-order valence-corrected chi connectivity index (χ2v) is 12.7. The van der Waals surface area contributed by atoms with Gasteiger partial charge >= 0.3 is 0 Å². The quantitative estimate of drug-likeness (QED) is 0.458. The highest BCUT2D eigenvalue weighted by Crippen LogP contribution is 2.40. The summed E-state index contributed by atoms with van der Waals surface area (Å²) < 4.78 is 0. The molecule has 1 aliphatic carbocycles. The number of hydrogen-bond donors (Lipinski definition) is 1. The SMILES string of the molecule is CC(C)=C1CCCC(CC(C)(C)CN2CCC(CC(C)(C)CC(C)(C)O)C2)C1. The Bertz CT molecular complexity index is 533. The molecule has 2 aliphatic rings. The summed E-state index contributed by atoms with van der Waals surface area (Å²) in [5.74, 6) is 1.68. The normalized spacial score (nSPS) is 25.4. The Hall–Kier alpha value is -0.340. The molecule has 0 spiro atoms. The first-order valence-corrected chi connectivity index (χ1v) is 11.8. The molecule has 1 saturated carbocycles. The molecule has 2 unspecified atom stereocenters. The van der Waals surface area contributed by atoms with Crippen molar-refractivity contribution in [3.8, 4) is 0 Å². The van der Waals surface area contributed by atoms with E-state index >= 15 is 0 Å². The fourth-order valence-electron chi connectivity index (χ4n) is 6.48. The van der Waals surface area contributed by atoms with Crippen LogP contribution in [0.25, 0.3) is 0 Å². The van der Waals surface area contributed by atoms with E-state index < -0.39 is 5.60 Å². The molecule has 1 N–H and O–H groups in total. The minimum Gasteiger partial charge on any atom is -0.390 e. The minimum absolute atomic E-state index is 0.220. The number of likely N-dealkylation sites (tertiary alicyclic amines) is 1. The van der Waals surface area contributed by atoms with Crippen molar-refractivity contribution in [2.45, 2.75) is 112 Å². The average Bonchev–Trinajstić information content (AvgIpc) is 2.89. The molecular weight excluding hydrogens is 342 g/mol. The Morgan fingerprint density at radius 1 is 0.964 bits per heavy atom. The Morgan fingerprint density at radius 3 is 2.21 bits per heavy atom. The van der Waals surface area contributed by atoms with Crippen LogP contribution in [0.5, 0.6) is 0 Å². The van der Waals surface area contributed by atoms with Gasteiger partial charge in [0.25, 0.3) is 0 Å². The van der Waals surface area contributed by atoms with Crippen LogP contribution in [0.15, 0.2) is 11.1 Å². The summed E-state index contributed by atoms with van der Waals surface area (Å²) >= 11 is 0. The molecular formula is C26H49NO. The maximum atomic E-state index is 10.2. The molecule has 0 aromatic carbocycles. The van der Waals surface area contributed by atoms with Crippen molar-refractivity contribution >= 4 is 0 Å². The Kier molecular flexibility index (Phi) is 7.87. The largest absolute Gasteiger partial charge is 0.390 e. The van der Waals surface area contributed by atoms with E-state index in [4.69, 9.17) is 0 Å². The maximum Gasteiger partial charge on any atom is 0.0596 e. The average molecular weight is 392 g/mol. The van der Waals surface area contributed by atoms with Gasteiger partial charge in [0, 0.05) is 13.1 Å². The monoisotopic (exact) mass is 391 g/mol. The van der Waals surface area contributed by atoms with E-state index in [0.29, 0.717) is 5.41 Å². The lowest BCUT2D eigenvalue weighted by atomic mass is 9.74. The van der Waals surface area contributed by atoms with E-state index in [2.05, 4.69) is 46.4 Å². The molecule has 0 radical (unpaired) electrons. The summed E-state index contributed by atoms with van der Waals surface area (Å²) in [5, 5.41) is 10.2. The summed E-state index contributed by atoms with van der Waals surface area (Å²) in [6.45, 7) is 21.9. The van der Waals surface area contributed by atoms with E-state index in [-0.39, 0.29) is 5.41 Å².